The van der Waals surface area contributed by atoms with E-state index < -0.39 is 21.9 Å². The molecule has 2 nitrogen and oxygen atoms in total. The Morgan fingerprint density at radius 2 is 1.86 bits per heavy atom. The number of hydrogen-bond donors (Lipinski definition) is 0. The molecule has 1 heterocycles. The fraction of sp³-hybridized carbons (Fsp3) is 0.400. The molecule has 2 aromatic rings. The molecule has 0 N–H and O–H groups in total. The molecule has 0 aliphatic heterocycles. The van der Waals surface area contributed by atoms with Gasteiger partial charge in [0.25, 0.3) is 0 Å². The van der Waals surface area contributed by atoms with Crippen LogP contribution in [0.25, 0.3) is 10.1 Å². The predicted octanol–water partition coefficient (Wildman–Crippen LogP) is 4.09. The first-order valence-corrected chi connectivity index (χ1v) is 7.82. The Labute approximate surface area is 123 Å². The average molecular weight is 316 g/mol. The highest BCUT2D eigenvalue weighted by Crippen LogP contribution is 2.55. The lowest BCUT2D eigenvalue weighted by molar-refractivity contribution is -0.302. The van der Waals surface area contributed by atoms with E-state index in [0.29, 0.717) is 9.58 Å². The highest BCUT2D eigenvalue weighted by Gasteiger charge is 2.49. The van der Waals surface area contributed by atoms with Gasteiger partial charge in [0, 0.05) is 23.3 Å². The monoisotopic (exact) mass is 316 g/mol. The molecule has 6 heteroatoms. The molecule has 0 saturated heterocycles. The molecule has 1 unspecified atom stereocenters. The van der Waals surface area contributed by atoms with Gasteiger partial charge in [-0.25, -0.2) is 0 Å². The normalized spacial score (nSPS) is 16.1. The average Bonchev–Trinajstić information content (AvgIpc) is 2.63. The first kappa shape index (κ1) is 15.8. The van der Waals surface area contributed by atoms with Crippen molar-refractivity contribution in [3.63, 3.8) is 0 Å². The molecule has 3 rings (SSSR count). The minimum absolute atomic E-state index is 0.160. The number of benzene rings is 1. The Hall–Kier alpha value is -1.56. The van der Waals surface area contributed by atoms with E-state index >= 15 is 0 Å². The first-order valence-electron chi connectivity index (χ1n) is 6.60. The Bertz CT molecular complexity index is 638. The number of halogens is 3. The van der Waals surface area contributed by atoms with Crippen molar-refractivity contribution in [2.24, 2.45) is 0 Å². The minimum Gasteiger partial charge on any atom is -0.550 e. The minimum atomic E-state index is -4.13. The van der Waals surface area contributed by atoms with Gasteiger partial charge in [-0.1, -0.05) is 18.6 Å². The van der Waals surface area contributed by atoms with Gasteiger partial charge in [0.05, 0.1) is 10.5 Å². The van der Waals surface area contributed by atoms with E-state index in [9.17, 15) is 13.2 Å². The van der Waals surface area contributed by atoms with Gasteiger partial charge < -0.3 is 9.90 Å². The van der Waals surface area contributed by atoms with Gasteiger partial charge in [-0.15, -0.1) is 13.2 Å². The maximum atomic E-state index is 13.2. The standard InChI is InChI=1S/C13H12F3S.C2H4O2/c14-13(15,16)17-11-7-2-1-4-10(11)8-12(17)9-5-3-6-9;1-2(3)4/h1-2,4,7-9H,3,5-6H2;1H3,(H,3,4)/q+1;/p-1. The van der Waals surface area contributed by atoms with E-state index in [0.717, 1.165) is 31.6 Å². The van der Waals surface area contributed by atoms with E-state index in [1.54, 1.807) is 30.3 Å². The summed E-state index contributed by atoms with van der Waals surface area (Å²) >= 11 is 0. The second-order valence-corrected chi connectivity index (χ2v) is 6.94. The van der Waals surface area contributed by atoms with Crippen molar-refractivity contribution in [2.45, 2.75) is 37.6 Å². The summed E-state index contributed by atoms with van der Waals surface area (Å²) in [6.45, 7) is 0.972. The van der Waals surface area contributed by atoms with Gasteiger partial charge in [-0.3, -0.25) is 0 Å². The number of hydrogen-bond acceptors (Lipinski definition) is 2. The molecular weight excluding hydrogens is 301 g/mol. The van der Waals surface area contributed by atoms with E-state index in [2.05, 4.69) is 0 Å². The Morgan fingerprint density at radius 3 is 2.33 bits per heavy atom. The van der Waals surface area contributed by atoms with Crippen LogP contribution in [0.2, 0.25) is 0 Å². The molecule has 1 aromatic carbocycles. The zero-order valence-electron chi connectivity index (χ0n) is 11.4. The summed E-state index contributed by atoms with van der Waals surface area (Å²) in [5.74, 6) is -0.924. The van der Waals surface area contributed by atoms with E-state index in [1.807, 2.05) is 0 Å². The van der Waals surface area contributed by atoms with Gasteiger partial charge in [0.1, 0.15) is 0 Å². The van der Waals surface area contributed by atoms with E-state index in [1.165, 1.54) is 0 Å². The summed E-state index contributed by atoms with van der Waals surface area (Å²) < 4.78 is 40.0. The van der Waals surface area contributed by atoms with Crippen LogP contribution in [-0.4, -0.2) is 5.97 Å². The summed E-state index contributed by atoms with van der Waals surface area (Å²) in [4.78, 5) is 9.50. The SMILES string of the molecule is CC(=O)[O-].FC(F)(F)[s+]1c(C2CCC2)cc2ccccc21. The zero-order chi connectivity index (χ0) is 15.6. The number of carboxylic acids is 1. The van der Waals surface area contributed by atoms with Crippen LogP contribution in [0, 0.1) is 0 Å². The number of aliphatic carboxylic acids is 1. The first-order chi connectivity index (χ1) is 9.80. The molecule has 0 bridgehead atoms. The number of rotatable bonds is 1. The third-order valence-corrected chi connectivity index (χ3v) is 5.61. The molecule has 0 radical (unpaired) electrons. The van der Waals surface area contributed by atoms with E-state index in [4.69, 9.17) is 9.90 Å². The number of alkyl halides is 3. The van der Waals surface area contributed by atoms with Gasteiger partial charge in [-0.2, -0.15) is 0 Å². The van der Waals surface area contributed by atoms with Gasteiger partial charge in [0.15, 0.2) is 9.58 Å². The predicted molar refractivity (Wildman–Crippen MR) is 75.0 cm³/mol. The van der Waals surface area contributed by atoms with E-state index in [-0.39, 0.29) is 5.92 Å². The van der Waals surface area contributed by atoms with Crippen LogP contribution in [-0.2, 0) is 10.3 Å². The number of thiophene rings is 1. The lowest BCUT2D eigenvalue weighted by atomic mass is 9.84. The van der Waals surface area contributed by atoms with Crippen molar-refractivity contribution in [3.05, 3.63) is 35.2 Å². The van der Waals surface area contributed by atoms with Crippen LogP contribution < -0.4 is 5.11 Å². The zero-order valence-corrected chi connectivity index (χ0v) is 12.3. The molecule has 21 heavy (non-hydrogen) atoms. The Morgan fingerprint density at radius 1 is 1.29 bits per heavy atom. The molecular formula is C15H15F3O2S. The topological polar surface area (TPSA) is 40.1 Å². The summed E-state index contributed by atoms with van der Waals surface area (Å²) in [5, 5.41) is 9.65. The number of fused-ring (bicyclic) bond motifs is 1. The maximum absolute atomic E-state index is 13.2. The third kappa shape index (κ3) is 3.56. The molecule has 1 aliphatic rings. The van der Waals surface area contributed by atoms with Crippen molar-refractivity contribution < 1.29 is 23.1 Å². The lowest BCUT2D eigenvalue weighted by Gasteiger charge is -2.21. The summed E-state index contributed by atoms with van der Waals surface area (Å²) in [7, 11) is -1.67. The highest BCUT2D eigenvalue weighted by atomic mass is 32.2. The van der Waals surface area contributed by atoms with Crippen LogP contribution in [0.1, 0.15) is 37.0 Å². The second kappa shape index (κ2) is 6.05. The van der Waals surface area contributed by atoms with Crippen LogP contribution in [0.4, 0.5) is 13.2 Å². The van der Waals surface area contributed by atoms with Crippen molar-refractivity contribution in [1.29, 1.82) is 0 Å². The molecule has 1 aromatic heterocycles. The van der Waals surface area contributed by atoms with Crippen LogP contribution >= 0.6 is 10.5 Å². The Kier molecular flexibility index (Phi) is 4.56. The third-order valence-electron chi connectivity index (χ3n) is 3.41. The highest BCUT2D eigenvalue weighted by molar-refractivity contribution is 7.38. The number of carboxylic acid groups (broad SMARTS) is 1. The van der Waals surface area contributed by atoms with Crippen molar-refractivity contribution in [1.82, 2.24) is 0 Å². The van der Waals surface area contributed by atoms with Crippen molar-refractivity contribution in [3.8, 4) is 0 Å². The molecule has 0 spiro atoms. The van der Waals surface area contributed by atoms with Gasteiger partial charge >= 0.3 is 5.51 Å². The largest absolute Gasteiger partial charge is 0.600 e. The molecule has 114 valence electrons. The van der Waals surface area contributed by atoms with Gasteiger partial charge in [0.2, 0.25) is 0 Å². The molecule has 1 fully saturated rings. The van der Waals surface area contributed by atoms with Crippen LogP contribution in [0.3, 0.4) is 0 Å². The molecule has 1 atom stereocenters. The summed E-state index contributed by atoms with van der Waals surface area (Å²) in [6, 6.07) is 8.68. The van der Waals surface area contributed by atoms with Crippen molar-refractivity contribution >= 4 is 26.5 Å². The summed E-state index contributed by atoms with van der Waals surface area (Å²) in [6.07, 6.45) is 2.90. The number of carbonyl (C=O) groups excluding carboxylic acids is 1. The molecule has 1 aliphatic carbocycles. The van der Waals surface area contributed by atoms with Crippen LogP contribution in [0.15, 0.2) is 30.3 Å². The second-order valence-electron chi connectivity index (χ2n) is 4.96. The number of carbonyl (C=O) groups is 1. The lowest BCUT2D eigenvalue weighted by Crippen LogP contribution is -2.16. The smallest absolute Gasteiger partial charge is 0.550 e. The fourth-order valence-electron chi connectivity index (χ4n) is 2.36. The quantitative estimate of drug-likeness (QED) is 0.744. The molecule has 0 amide bonds. The van der Waals surface area contributed by atoms with Gasteiger partial charge in [-0.05, 0) is 31.9 Å². The maximum Gasteiger partial charge on any atom is 0.600 e. The fourth-order valence-corrected chi connectivity index (χ4v) is 4.52. The summed E-state index contributed by atoms with van der Waals surface area (Å²) in [5.41, 5.74) is -4.13. The van der Waals surface area contributed by atoms with Crippen molar-refractivity contribution in [2.75, 3.05) is 0 Å². The Balaban J connectivity index is 0.000000361. The molecule has 1 saturated carbocycles. The van der Waals surface area contributed by atoms with Crippen LogP contribution in [0.5, 0.6) is 0 Å².